The van der Waals surface area contributed by atoms with Crippen molar-refractivity contribution >= 4 is 0 Å². The van der Waals surface area contributed by atoms with E-state index in [2.05, 4.69) is 21.7 Å². The summed E-state index contributed by atoms with van der Waals surface area (Å²) in [5.74, 6) is 1.95. The van der Waals surface area contributed by atoms with Crippen LogP contribution in [-0.2, 0) is 13.0 Å². The zero-order valence-electron chi connectivity index (χ0n) is 11.2. The summed E-state index contributed by atoms with van der Waals surface area (Å²) < 4.78 is 7.89. The van der Waals surface area contributed by atoms with Gasteiger partial charge in [0.1, 0.15) is 18.2 Å². The highest BCUT2D eigenvalue weighted by atomic mass is 16.5. The topological polar surface area (TPSA) is 53.1 Å². The second kappa shape index (κ2) is 5.05. The fraction of sp³-hybridized carbons (Fsp3) is 0.400. The first kappa shape index (κ1) is 12.2. The minimum atomic E-state index is 0.206. The lowest BCUT2D eigenvalue weighted by Crippen LogP contribution is -2.09. The first-order chi connectivity index (χ1) is 9.24. The Morgan fingerprint density at radius 1 is 1.47 bits per heavy atom. The van der Waals surface area contributed by atoms with Crippen LogP contribution in [0.1, 0.15) is 29.4 Å². The largest absolute Gasteiger partial charge is 0.492 e. The molecule has 0 saturated carbocycles. The van der Waals surface area contributed by atoms with Crippen LogP contribution >= 0.6 is 0 Å². The molecule has 1 aromatic carbocycles. The van der Waals surface area contributed by atoms with Gasteiger partial charge in [0.2, 0.25) is 0 Å². The molecule has 0 aliphatic heterocycles. The van der Waals surface area contributed by atoms with Crippen LogP contribution in [0.2, 0.25) is 0 Å². The van der Waals surface area contributed by atoms with Crippen molar-refractivity contribution in [2.24, 2.45) is 5.73 Å². The van der Waals surface area contributed by atoms with Crippen LogP contribution in [0.3, 0.4) is 0 Å². The molecule has 3 rings (SSSR count). The zero-order chi connectivity index (χ0) is 13.2. The zero-order valence-corrected chi connectivity index (χ0v) is 11.2. The number of imidazole rings is 1. The van der Waals surface area contributed by atoms with Crippen molar-refractivity contribution in [2.75, 3.05) is 6.61 Å². The second-order valence-electron chi connectivity index (χ2n) is 5.02. The summed E-state index contributed by atoms with van der Waals surface area (Å²) >= 11 is 0. The van der Waals surface area contributed by atoms with Crippen LogP contribution in [0.15, 0.2) is 30.6 Å². The molecule has 0 fully saturated rings. The number of nitrogens with zero attached hydrogens (tertiary/aromatic N) is 2. The lowest BCUT2D eigenvalue weighted by atomic mass is 10.1. The molecule has 1 aliphatic rings. The Hall–Kier alpha value is -1.81. The van der Waals surface area contributed by atoms with Crippen LogP contribution in [0.5, 0.6) is 5.75 Å². The maximum absolute atomic E-state index is 6.03. The molecule has 0 spiro atoms. The van der Waals surface area contributed by atoms with Crippen molar-refractivity contribution < 1.29 is 4.74 Å². The molecular weight excluding hydrogens is 238 g/mol. The molecule has 1 atom stereocenters. The minimum Gasteiger partial charge on any atom is -0.492 e. The van der Waals surface area contributed by atoms with Gasteiger partial charge in [-0.05, 0) is 43.0 Å². The molecule has 19 heavy (non-hydrogen) atoms. The third-order valence-electron chi connectivity index (χ3n) is 3.76. The van der Waals surface area contributed by atoms with E-state index in [4.69, 9.17) is 10.5 Å². The molecule has 0 saturated heterocycles. The van der Waals surface area contributed by atoms with Crippen molar-refractivity contribution in [2.45, 2.75) is 32.4 Å². The van der Waals surface area contributed by atoms with Gasteiger partial charge in [-0.2, -0.15) is 0 Å². The molecule has 1 aliphatic carbocycles. The summed E-state index contributed by atoms with van der Waals surface area (Å²) in [7, 11) is 0. The van der Waals surface area contributed by atoms with E-state index in [-0.39, 0.29) is 6.04 Å². The average Bonchev–Trinajstić information content (AvgIpc) is 2.97. The first-order valence-corrected chi connectivity index (χ1v) is 6.73. The van der Waals surface area contributed by atoms with Gasteiger partial charge in [0, 0.05) is 18.4 Å². The Morgan fingerprint density at radius 2 is 2.37 bits per heavy atom. The fourth-order valence-electron chi connectivity index (χ4n) is 2.62. The molecule has 0 unspecified atom stereocenters. The summed E-state index contributed by atoms with van der Waals surface area (Å²) in [5, 5.41) is 0. The van der Waals surface area contributed by atoms with Crippen LogP contribution < -0.4 is 10.5 Å². The highest BCUT2D eigenvalue weighted by Gasteiger charge is 2.18. The van der Waals surface area contributed by atoms with E-state index in [1.54, 1.807) is 0 Å². The number of benzene rings is 1. The lowest BCUT2D eigenvalue weighted by molar-refractivity contribution is 0.297. The molecule has 4 nitrogen and oxygen atoms in total. The predicted molar refractivity (Wildman–Crippen MR) is 74.2 cm³/mol. The fourth-order valence-corrected chi connectivity index (χ4v) is 2.62. The highest BCUT2D eigenvalue weighted by molar-refractivity contribution is 5.40. The number of aryl methyl sites for hydroxylation is 2. The van der Waals surface area contributed by atoms with Crippen molar-refractivity contribution in [3.8, 4) is 5.75 Å². The third kappa shape index (κ3) is 2.49. The van der Waals surface area contributed by atoms with Crippen LogP contribution in [0.4, 0.5) is 0 Å². The summed E-state index contributed by atoms with van der Waals surface area (Å²) in [6.07, 6.45) is 5.90. The Morgan fingerprint density at radius 3 is 3.16 bits per heavy atom. The van der Waals surface area contributed by atoms with Gasteiger partial charge in [-0.15, -0.1) is 0 Å². The van der Waals surface area contributed by atoms with Gasteiger partial charge in [-0.3, -0.25) is 0 Å². The molecule has 2 N–H and O–H groups in total. The summed E-state index contributed by atoms with van der Waals surface area (Å²) in [4.78, 5) is 4.19. The molecule has 100 valence electrons. The van der Waals surface area contributed by atoms with Gasteiger partial charge >= 0.3 is 0 Å². The minimum absolute atomic E-state index is 0.206. The van der Waals surface area contributed by atoms with Gasteiger partial charge in [0.05, 0.1) is 6.54 Å². The van der Waals surface area contributed by atoms with Crippen molar-refractivity contribution in [1.29, 1.82) is 0 Å². The van der Waals surface area contributed by atoms with Gasteiger partial charge in [0.15, 0.2) is 0 Å². The SMILES string of the molecule is Cc1nccn1CCOc1ccc2c(c1)CC[C@@H]2N. The Kier molecular flexibility index (Phi) is 3.25. The quantitative estimate of drug-likeness (QED) is 0.913. The van der Waals surface area contributed by atoms with E-state index >= 15 is 0 Å². The smallest absolute Gasteiger partial charge is 0.119 e. The van der Waals surface area contributed by atoms with Crippen LogP contribution in [0, 0.1) is 6.92 Å². The summed E-state index contributed by atoms with van der Waals surface area (Å²) in [6, 6.07) is 6.45. The number of nitrogens with two attached hydrogens (primary N) is 1. The van der Waals surface area contributed by atoms with Gasteiger partial charge in [0.25, 0.3) is 0 Å². The van der Waals surface area contributed by atoms with E-state index in [1.807, 2.05) is 25.4 Å². The van der Waals surface area contributed by atoms with Crippen molar-refractivity contribution in [1.82, 2.24) is 9.55 Å². The number of fused-ring (bicyclic) bond motifs is 1. The lowest BCUT2D eigenvalue weighted by Gasteiger charge is -2.10. The van der Waals surface area contributed by atoms with E-state index in [9.17, 15) is 0 Å². The summed E-state index contributed by atoms with van der Waals surface area (Å²) in [6.45, 7) is 3.47. The van der Waals surface area contributed by atoms with E-state index in [0.717, 1.165) is 31.0 Å². The number of aromatic nitrogens is 2. The van der Waals surface area contributed by atoms with Crippen LogP contribution in [-0.4, -0.2) is 16.2 Å². The summed E-state index contributed by atoms with van der Waals surface area (Å²) in [5.41, 5.74) is 8.64. The number of ether oxygens (including phenoxy) is 1. The Labute approximate surface area is 113 Å². The Balaban J connectivity index is 1.60. The van der Waals surface area contributed by atoms with Gasteiger partial charge < -0.3 is 15.0 Å². The van der Waals surface area contributed by atoms with Gasteiger partial charge in [-0.25, -0.2) is 4.98 Å². The van der Waals surface area contributed by atoms with E-state index < -0.39 is 0 Å². The maximum Gasteiger partial charge on any atom is 0.119 e. The monoisotopic (exact) mass is 257 g/mol. The first-order valence-electron chi connectivity index (χ1n) is 6.73. The molecule has 0 bridgehead atoms. The molecule has 0 radical (unpaired) electrons. The van der Waals surface area contributed by atoms with E-state index in [0.29, 0.717) is 6.61 Å². The highest BCUT2D eigenvalue weighted by Crippen LogP contribution is 2.31. The van der Waals surface area contributed by atoms with Crippen molar-refractivity contribution in [3.05, 3.63) is 47.5 Å². The molecule has 4 heteroatoms. The molecule has 0 amide bonds. The van der Waals surface area contributed by atoms with Crippen LogP contribution in [0.25, 0.3) is 0 Å². The number of hydrogen-bond donors (Lipinski definition) is 1. The molecule has 1 aromatic heterocycles. The molecule has 2 aromatic rings. The number of hydrogen-bond acceptors (Lipinski definition) is 3. The average molecular weight is 257 g/mol. The number of rotatable bonds is 4. The normalized spacial score (nSPS) is 17.5. The maximum atomic E-state index is 6.03. The Bertz CT molecular complexity index is 577. The van der Waals surface area contributed by atoms with Gasteiger partial charge in [-0.1, -0.05) is 6.07 Å². The second-order valence-corrected chi connectivity index (χ2v) is 5.02. The third-order valence-corrected chi connectivity index (χ3v) is 3.76. The predicted octanol–water partition coefficient (Wildman–Crippen LogP) is 2.22. The standard InChI is InChI=1S/C15H19N3O/c1-11-17-6-7-18(11)8-9-19-13-3-4-14-12(10-13)2-5-15(14)16/h3-4,6-7,10,15H,2,5,8-9,16H2,1H3/t15-/m0/s1. The molecule has 1 heterocycles. The molecular formula is C15H19N3O. The van der Waals surface area contributed by atoms with Crippen molar-refractivity contribution in [3.63, 3.8) is 0 Å². The van der Waals surface area contributed by atoms with E-state index in [1.165, 1.54) is 11.1 Å².